The normalized spacial score (nSPS) is 16.1. The number of aliphatic hydroxyl groups is 1. The minimum Gasteiger partial charge on any atom is -0.491 e. The molecule has 1 atom stereocenters. The Labute approximate surface area is 204 Å². The lowest BCUT2D eigenvalue weighted by Gasteiger charge is -2.24. The molecule has 34 heavy (non-hydrogen) atoms. The molecule has 3 nitrogen and oxygen atoms in total. The van der Waals surface area contributed by atoms with E-state index in [-0.39, 0.29) is 0 Å². The minimum atomic E-state index is -0.508. The molecule has 2 N–H and O–H groups in total. The van der Waals surface area contributed by atoms with Crippen LogP contribution in [0.3, 0.4) is 0 Å². The Morgan fingerprint density at radius 2 is 1.41 bits per heavy atom. The Morgan fingerprint density at radius 3 is 2.03 bits per heavy atom. The maximum Gasteiger partial charge on any atom is 0.119 e. The molecule has 3 aromatic carbocycles. The number of hydrogen-bond donors (Lipinski definition) is 2. The maximum absolute atomic E-state index is 10.4. The second-order valence-corrected chi connectivity index (χ2v) is 9.17. The average Bonchev–Trinajstić information content (AvgIpc) is 2.91. The van der Waals surface area contributed by atoms with E-state index in [9.17, 15) is 5.11 Å². The highest BCUT2D eigenvalue weighted by Crippen LogP contribution is 2.34. The summed E-state index contributed by atoms with van der Waals surface area (Å²) in [5.74, 6) is 0.783. The van der Waals surface area contributed by atoms with Crippen LogP contribution < -0.4 is 10.1 Å². The lowest BCUT2D eigenvalue weighted by atomic mass is 9.88. The van der Waals surface area contributed by atoms with Gasteiger partial charge >= 0.3 is 0 Å². The second-order valence-electron chi connectivity index (χ2n) is 9.17. The molecule has 0 amide bonds. The zero-order chi connectivity index (χ0) is 23.6. The van der Waals surface area contributed by atoms with Crippen molar-refractivity contribution >= 4 is 11.1 Å². The van der Waals surface area contributed by atoms with Gasteiger partial charge in [-0.15, -0.1) is 0 Å². The van der Waals surface area contributed by atoms with Crippen LogP contribution in [-0.4, -0.2) is 30.4 Å². The van der Waals surface area contributed by atoms with Crippen LogP contribution in [-0.2, 0) is 0 Å². The molecule has 4 rings (SSSR count). The monoisotopic (exact) mass is 455 g/mol. The van der Waals surface area contributed by atoms with Crippen molar-refractivity contribution in [1.82, 2.24) is 5.32 Å². The van der Waals surface area contributed by atoms with Crippen LogP contribution in [0, 0.1) is 0 Å². The fraction of sp³-hybridized carbons (Fsp3) is 0.355. The summed E-state index contributed by atoms with van der Waals surface area (Å²) in [5.41, 5.74) is 6.19. The Balaban J connectivity index is 1.47. The molecular formula is C31H37NO2. The van der Waals surface area contributed by atoms with E-state index in [1.54, 1.807) is 0 Å². The van der Waals surface area contributed by atoms with Gasteiger partial charge in [0, 0.05) is 12.6 Å². The van der Waals surface area contributed by atoms with Crippen LogP contribution >= 0.6 is 0 Å². The third-order valence-corrected chi connectivity index (χ3v) is 6.67. The number of nitrogens with one attached hydrogen (secondary N) is 1. The molecule has 3 aromatic rings. The highest BCUT2D eigenvalue weighted by Gasteiger charge is 2.15. The standard InChI is InChI=1S/C31H37NO2/c1-2-30(24-12-6-3-7-13-24)31(25-14-8-4-9-15-25)26-18-20-29(21-19-26)34-23-28(33)22-32-27-16-10-5-11-17-27/h3-4,6-9,12-15,18-21,27-28,32-33H,2,5,10-11,16-17,22-23H2,1H3. The van der Waals surface area contributed by atoms with Crippen LogP contribution in [0.1, 0.15) is 62.1 Å². The Morgan fingerprint density at radius 1 is 0.824 bits per heavy atom. The van der Waals surface area contributed by atoms with Crippen molar-refractivity contribution < 1.29 is 9.84 Å². The Bertz CT molecular complexity index is 1020. The summed E-state index contributed by atoms with van der Waals surface area (Å²) in [4.78, 5) is 0. The van der Waals surface area contributed by atoms with Crippen molar-refractivity contribution in [2.75, 3.05) is 13.2 Å². The third kappa shape index (κ3) is 6.59. The van der Waals surface area contributed by atoms with E-state index in [0.29, 0.717) is 19.2 Å². The predicted molar refractivity (Wildman–Crippen MR) is 142 cm³/mol. The summed E-state index contributed by atoms with van der Waals surface area (Å²) in [6.45, 7) is 3.09. The van der Waals surface area contributed by atoms with Crippen molar-refractivity contribution in [2.24, 2.45) is 0 Å². The van der Waals surface area contributed by atoms with Crippen LogP contribution in [0.5, 0.6) is 5.75 Å². The van der Waals surface area contributed by atoms with Crippen molar-refractivity contribution in [3.05, 3.63) is 102 Å². The molecule has 178 valence electrons. The Kier molecular flexibility index (Phi) is 8.95. The number of ether oxygens (including phenoxy) is 1. The van der Waals surface area contributed by atoms with E-state index in [1.165, 1.54) is 59.9 Å². The summed E-state index contributed by atoms with van der Waals surface area (Å²) in [6, 6.07) is 30.0. The zero-order valence-corrected chi connectivity index (χ0v) is 20.2. The van der Waals surface area contributed by atoms with Crippen molar-refractivity contribution in [1.29, 1.82) is 0 Å². The van der Waals surface area contributed by atoms with Crippen molar-refractivity contribution in [3.63, 3.8) is 0 Å². The molecule has 0 heterocycles. The number of allylic oxidation sites excluding steroid dienone is 1. The van der Waals surface area contributed by atoms with Crippen LogP contribution in [0.15, 0.2) is 84.9 Å². The average molecular weight is 456 g/mol. The zero-order valence-electron chi connectivity index (χ0n) is 20.2. The number of rotatable bonds is 10. The molecular weight excluding hydrogens is 418 g/mol. The first kappa shape index (κ1) is 24.3. The predicted octanol–water partition coefficient (Wildman–Crippen LogP) is 6.72. The molecule has 1 unspecified atom stereocenters. The van der Waals surface area contributed by atoms with E-state index < -0.39 is 6.10 Å². The molecule has 1 saturated carbocycles. The summed E-state index contributed by atoms with van der Waals surface area (Å²) in [7, 11) is 0. The van der Waals surface area contributed by atoms with Crippen LogP contribution in [0.25, 0.3) is 11.1 Å². The fourth-order valence-corrected chi connectivity index (χ4v) is 4.86. The maximum atomic E-state index is 10.4. The van der Waals surface area contributed by atoms with Gasteiger partial charge in [-0.25, -0.2) is 0 Å². The second kappa shape index (κ2) is 12.5. The van der Waals surface area contributed by atoms with Crippen molar-refractivity contribution in [2.45, 2.75) is 57.6 Å². The van der Waals surface area contributed by atoms with Gasteiger partial charge in [0.1, 0.15) is 18.5 Å². The smallest absolute Gasteiger partial charge is 0.119 e. The summed E-state index contributed by atoms with van der Waals surface area (Å²) < 4.78 is 5.91. The highest BCUT2D eigenvalue weighted by molar-refractivity contribution is 5.98. The first-order valence-corrected chi connectivity index (χ1v) is 12.7. The number of aliphatic hydroxyl groups excluding tert-OH is 1. The van der Waals surface area contributed by atoms with Gasteiger partial charge in [-0.2, -0.15) is 0 Å². The van der Waals surface area contributed by atoms with Gasteiger partial charge in [-0.1, -0.05) is 99.0 Å². The fourth-order valence-electron chi connectivity index (χ4n) is 4.86. The quantitative estimate of drug-likeness (QED) is 0.334. The van der Waals surface area contributed by atoms with Gasteiger partial charge < -0.3 is 15.2 Å². The van der Waals surface area contributed by atoms with Crippen molar-refractivity contribution in [3.8, 4) is 5.75 Å². The van der Waals surface area contributed by atoms with Gasteiger partial charge in [0.15, 0.2) is 0 Å². The molecule has 0 saturated heterocycles. The third-order valence-electron chi connectivity index (χ3n) is 6.67. The number of hydrogen-bond acceptors (Lipinski definition) is 3. The van der Waals surface area contributed by atoms with Crippen LogP contribution in [0.2, 0.25) is 0 Å². The molecule has 0 spiro atoms. The summed E-state index contributed by atoms with van der Waals surface area (Å²) >= 11 is 0. The number of benzene rings is 3. The lowest BCUT2D eigenvalue weighted by molar-refractivity contribution is 0.102. The molecule has 1 aliphatic rings. The molecule has 0 aromatic heterocycles. The van der Waals surface area contributed by atoms with E-state index in [1.807, 2.05) is 12.1 Å². The first-order valence-electron chi connectivity index (χ1n) is 12.7. The molecule has 1 aliphatic carbocycles. The molecule has 1 fully saturated rings. The highest BCUT2D eigenvalue weighted by atomic mass is 16.5. The topological polar surface area (TPSA) is 41.5 Å². The minimum absolute atomic E-state index is 0.296. The SMILES string of the molecule is CCC(=C(c1ccccc1)c1ccc(OCC(O)CNC2CCCCC2)cc1)c1ccccc1. The van der Waals surface area contributed by atoms with E-state index in [2.05, 4.69) is 85.0 Å². The largest absolute Gasteiger partial charge is 0.491 e. The van der Waals surface area contributed by atoms with E-state index in [4.69, 9.17) is 4.74 Å². The first-order chi connectivity index (χ1) is 16.7. The van der Waals surface area contributed by atoms with Gasteiger partial charge in [-0.3, -0.25) is 0 Å². The van der Waals surface area contributed by atoms with Gasteiger partial charge in [0.05, 0.1) is 0 Å². The summed E-state index contributed by atoms with van der Waals surface area (Å²) in [5, 5.41) is 13.9. The van der Waals surface area contributed by atoms with E-state index >= 15 is 0 Å². The molecule has 0 radical (unpaired) electrons. The van der Waals surface area contributed by atoms with E-state index in [0.717, 1.165) is 12.2 Å². The van der Waals surface area contributed by atoms with Crippen LogP contribution in [0.4, 0.5) is 0 Å². The molecule has 0 bridgehead atoms. The Hall–Kier alpha value is -2.88. The van der Waals surface area contributed by atoms with Gasteiger partial charge in [-0.05, 0) is 59.2 Å². The van der Waals surface area contributed by atoms with Gasteiger partial charge in [0.2, 0.25) is 0 Å². The van der Waals surface area contributed by atoms with Gasteiger partial charge in [0.25, 0.3) is 0 Å². The molecule has 0 aliphatic heterocycles. The lowest BCUT2D eigenvalue weighted by Crippen LogP contribution is -2.38. The summed E-state index contributed by atoms with van der Waals surface area (Å²) in [6.07, 6.45) is 6.79. The molecule has 3 heteroatoms.